The molecule has 0 amide bonds. The SMILES string of the molecule is CCc1ccc(-c2cc(Cl)ccc2C)c(-c2ccc(Cl)cc2C)c1. The Kier molecular flexibility index (Phi) is 4.99. The molecule has 2 heteroatoms. The fraction of sp³-hybridized carbons (Fsp3) is 0.182. The molecule has 3 rings (SSSR count). The van der Waals surface area contributed by atoms with Crippen LogP contribution in [0.5, 0.6) is 0 Å². The second-order valence-corrected chi connectivity index (χ2v) is 7.02. The molecule has 0 aliphatic heterocycles. The van der Waals surface area contributed by atoms with Gasteiger partial charge in [0.05, 0.1) is 0 Å². The predicted molar refractivity (Wildman–Crippen MR) is 106 cm³/mol. The van der Waals surface area contributed by atoms with Gasteiger partial charge in [0.1, 0.15) is 0 Å². The van der Waals surface area contributed by atoms with Crippen molar-refractivity contribution in [3.8, 4) is 22.3 Å². The molecule has 0 nitrogen and oxygen atoms in total. The standard InChI is InChI=1S/C22H20Cl2/c1-4-16-6-9-20(21-13-18(24)7-5-14(21)2)22(12-16)19-10-8-17(23)11-15(19)3/h5-13H,4H2,1-3H3. The highest BCUT2D eigenvalue weighted by molar-refractivity contribution is 6.31. The summed E-state index contributed by atoms with van der Waals surface area (Å²) in [5, 5.41) is 1.53. The number of rotatable bonds is 3. The van der Waals surface area contributed by atoms with E-state index >= 15 is 0 Å². The van der Waals surface area contributed by atoms with Crippen molar-refractivity contribution in [2.45, 2.75) is 27.2 Å². The van der Waals surface area contributed by atoms with Crippen molar-refractivity contribution in [3.63, 3.8) is 0 Å². The van der Waals surface area contributed by atoms with Gasteiger partial charge in [-0.05, 0) is 83.5 Å². The second-order valence-electron chi connectivity index (χ2n) is 6.15. The van der Waals surface area contributed by atoms with E-state index in [1.807, 2.05) is 24.3 Å². The van der Waals surface area contributed by atoms with E-state index in [-0.39, 0.29) is 0 Å². The van der Waals surface area contributed by atoms with E-state index < -0.39 is 0 Å². The van der Waals surface area contributed by atoms with Crippen molar-refractivity contribution in [1.82, 2.24) is 0 Å². The number of hydrogen-bond acceptors (Lipinski definition) is 0. The quantitative estimate of drug-likeness (QED) is 0.456. The van der Waals surface area contributed by atoms with E-state index in [2.05, 4.69) is 51.1 Å². The molecule has 0 radical (unpaired) electrons. The molecule has 3 aromatic carbocycles. The highest BCUT2D eigenvalue weighted by atomic mass is 35.5. The van der Waals surface area contributed by atoms with Crippen molar-refractivity contribution >= 4 is 23.2 Å². The molecule has 0 saturated carbocycles. The van der Waals surface area contributed by atoms with Crippen LogP contribution in [0.2, 0.25) is 10.0 Å². The monoisotopic (exact) mass is 354 g/mol. The molecule has 3 aromatic rings. The summed E-state index contributed by atoms with van der Waals surface area (Å²) >= 11 is 12.4. The van der Waals surface area contributed by atoms with Gasteiger partial charge < -0.3 is 0 Å². The van der Waals surface area contributed by atoms with Gasteiger partial charge >= 0.3 is 0 Å². The topological polar surface area (TPSA) is 0 Å². The average molecular weight is 355 g/mol. The van der Waals surface area contributed by atoms with Gasteiger partial charge in [0.25, 0.3) is 0 Å². The van der Waals surface area contributed by atoms with Crippen LogP contribution in [0.15, 0.2) is 54.6 Å². The third-order valence-corrected chi connectivity index (χ3v) is 4.93. The molecular weight excluding hydrogens is 335 g/mol. The molecule has 0 atom stereocenters. The zero-order chi connectivity index (χ0) is 17.3. The van der Waals surface area contributed by atoms with Crippen LogP contribution in [0.1, 0.15) is 23.6 Å². The van der Waals surface area contributed by atoms with Gasteiger partial charge in [-0.15, -0.1) is 0 Å². The molecule has 0 spiro atoms. The van der Waals surface area contributed by atoms with E-state index in [0.717, 1.165) is 16.5 Å². The maximum absolute atomic E-state index is 6.26. The van der Waals surface area contributed by atoms with Crippen molar-refractivity contribution in [2.75, 3.05) is 0 Å². The summed E-state index contributed by atoms with van der Waals surface area (Å²) in [6.07, 6.45) is 1.01. The first-order valence-electron chi connectivity index (χ1n) is 8.15. The summed E-state index contributed by atoms with van der Waals surface area (Å²) in [5.74, 6) is 0. The number of halogens is 2. The normalized spacial score (nSPS) is 10.9. The third-order valence-electron chi connectivity index (χ3n) is 4.46. The van der Waals surface area contributed by atoms with Crippen LogP contribution in [0, 0.1) is 13.8 Å². The van der Waals surface area contributed by atoms with Crippen LogP contribution in [0.4, 0.5) is 0 Å². The number of benzene rings is 3. The Morgan fingerprint density at radius 2 is 1.29 bits per heavy atom. The second kappa shape index (κ2) is 7.01. The van der Waals surface area contributed by atoms with Gasteiger partial charge in [-0.1, -0.05) is 60.5 Å². The Hall–Kier alpha value is -1.76. The van der Waals surface area contributed by atoms with Crippen LogP contribution in [0.25, 0.3) is 22.3 Å². The Balaban J connectivity index is 2.29. The fourth-order valence-corrected chi connectivity index (χ4v) is 3.48. The molecule has 0 bridgehead atoms. The molecule has 0 N–H and O–H groups in total. The summed E-state index contributed by atoms with van der Waals surface area (Å²) in [6, 6.07) is 18.8. The van der Waals surface area contributed by atoms with Gasteiger partial charge in [-0.3, -0.25) is 0 Å². The van der Waals surface area contributed by atoms with E-state index in [9.17, 15) is 0 Å². The number of aryl methyl sites for hydroxylation is 3. The molecule has 24 heavy (non-hydrogen) atoms. The Morgan fingerprint density at radius 1 is 0.625 bits per heavy atom. The lowest BCUT2D eigenvalue weighted by Gasteiger charge is -2.16. The summed E-state index contributed by atoms with van der Waals surface area (Å²) in [4.78, 5) is 0. The molecule has 0 heterocycles. The first-order valence-corrected chi connectivity index (χ1v) is 8.91. The van der Waals surface area contributed by atoms with E-state index in [1.165, 1.54) is 38.9 Å². The fourth-order valence-electron chi connectivity index (χ4n) is 3.08. The highest BCUT2D eigenvalue weighted by Gasteiger charge is 2.13. The Morgan fingerprint density at radius 3 is 2.00 bits per heavy atom. The van der Waals surface area contributed by atoms with Crippen LogP contribution in [0.3, 0.4) is 0 Å². The predicted octanol–water partition coefficient (Wildman–Crippen LogP) is 7.51. The van der Waals surface area contributed by atoms with Crippen molar-refractivity contribution in [1.29, 1.82) is 0 Å². The van der Waals surface area contributed by atoms with Gasteiger partial charge in [0, 0.05) is 10.0 Å². The molecule has 0 unspecified atom stereocenters. The van der Waals surface area contributed by atoms with Gasteiger partial charge in [-0.25, -0.2) is 0 Å². The van der Waals surface area contributed by atoms with Crippen molar-refractivity contribution < 1.29 is 0 Å². The molecule has 0 aromatic heterocycles. The lowest BCUT2D eigenvalue weighted by Crippen LogP contribution is -1.93. The first kappa shape index (κ1) is 17.1. The average Bonchev–Trinajstić information content (AvgIpc) is 2.57. The molecular formula is C22H20Cl2. The third kappa shape index (κ3) is 3.36. The summed E-state index contributed by atoms with van der Waals surface area (Å²) in [5.41, 5.74) is 8.54. The van der Waals surface area contributed by atoms with Crippen molar-refractivity contribution in [3.05, 3.63) is 81.3 Å². The minimum atomic E-state index is 0.758. The number of hydrogen-bond donors (Lipinski definition) is 0. The van der Waals surface area contributed by atoms with Crippen molar-refractivity contribution in [2.24, 2.45) is 0 Å². The lowest BCUT2D eigenvalue weighted by molar-refractivity contribution is 1.14. The molecule has 0 aliphatic carbocycles. The van der Waals surface area contributed by atoms with Gasteiger partial charge in [-0.2, -0.15) is 0 Å². The summed E-state index contributed by atoms with van der Waals surface area (Å²) in [7, 11) is 0. The molecule has 0 saturated heterocycles. The summed E-state index contributed by atoms with van der Waals surface area (Å²) < 4.78 is 0. The van der Waals surface area contributed by atoms with Crippen LogP contribution in [-0.4, -0.2) is 0 Å². The maximum Gasteiger partial charge on any atom is 0.0412 e. The minimum Gasteiger partial charge on any atom is -0.0843 e. The zero-order valence-corrected chi connectivity index (χ0v) is 15.7. The summed E-state index contributed by atoms with van der Waals surface area (Å²) in [6.45, 7) is 6.41. The largest absolute Gasteiger partial charge is 0.0843 e. The first-order chi connectivity index (χ1) is 11.5. The Labute approximate surface area is 154 Å². The molecule has 122 valence electrons. The van der Waals surface area contributed by atoms with Crippen LogP contribution < -0.4 is 0 Å². The molecule has 0 aliphatic rings. The lowest BCUT2D eigenvalue weighted by atomic mass is 9.89. The van der Waals surface area contributed by atoms with E-state index in [0.29, 0.717) is 0 Å². The van der Waals surface area contributed by atoms with Gasteiger partial charge in [0.2, 0.25) is 0 Å². The minimum absolute atomic E-state index is 0.758. The van der Waals surface area contributed by atoms with Crippen LogP contribution >= 0.6 is 23.2 Å². The maximum atomic E-state index is 6.26. The Bertz CT molecular complexity index is 894. The van der Waals surface area contributed by atoms with Gasteiger partial charge in [0.15, 0.2) is 0 Å². The van der Waals surface area contributed by atoms with Crippen LogP contribution in [-0.2, 0) is 6.42 Å². The molecule has 0 fully saturated rings. The van der Waals surface area contributed by atoms with E-state index in [1.54, 1.807) is 0 Å². The highest BCUT2D eigenvalue weighted by Crippen LogP contribution is 2.38. The van der Waals surface area contributed by atoms with E-state index in [4.69, 9.17) is 23.2 Å². The zero-order valence-electron chi connectivity index (χ0n) is 14.2. The smallest absolute Gasteiger partial charge is 0.0412 e.